The van der Waals surface area contributed by atoms with Crippen molar-refractivity contribution in [3.8, 4) is 0 Å². The summed E-state index contributed by atoms with van der Waals surface area (Å²) < 4.78 is 3.97. The molecule has 2 aliphatic heterocycles. The van der Waals surface area contributed by atoms with E-state index in [1.165, 1.54) is 4.90 Å². The Hall–Kier alpha value is -1.80. The minimum Gasteiger partial charge on any atom is -0.477 e. The van der Waals surface area contributed by atoms with Crippen LogP contribution in [0.15, 0.2) is 35.4 Å². The summed E-state index contributed by atoms with van der Waals surface area (Å²) >= 11 is 3.27. The van der Waals surface area contributed by atoms with Gasteiger partial charge in [0.1, 0.15) is 24.6 Å². The largest absolute Gasteiger partial charge is 0.477 e. The molecule has 0 spiro atoms. The quantitative estimate of drug-likeness (QED) is 0.674. The number of thioether (sulfide) groups is 1. The molecule has 2 aromatic heterocycles. The second-order valence-electron chi connectivity index (χ2n) is 5.06. The third kappa shape index (κ3) is 1.97. The first-order valence-corrected chi connectivity index (χ1v) is 8.39. The first-order valence-electron chi connectivity index (χ1n) is 6.47. The minimum absolute atomic E-state index is 0.00915. The van der Waals surface area contributed by atoms with Crippen LogP contribution < -0.4 is 4.57 Å². The Morgan fingerprint density at radius 2 is 2.38 bits per heavy atom. The van der Waals surface area contributed by atoms with Crippen molar-refractivity contribution in [2.24, 2.45) is 0 Å². The predicted octanol–water partition coefficient (Wildman–Crippen LogP) is 0.932. The fourth-order valence-corrected chi connectivity index (χ4v) is 4.75. The van der Waals surface area contributed by atoms with E-state index < -0.39 is 5.97 Å². The van der Waals surface area contributed by atoms with Crippen LogP contribution in [0.2, 0.25) is 0 Å². The van der Waals surface area contributed by atoms with Crippen LogP contribution in [0.4, 0.5) is 0 Å². The lowest BCUT2D eigenvalue weighted by molar-refractivity contribution is -0.687. The third-order valence-corrected chi connectivity index (χ3v) is 5.81. The van der Waals surface area contributed by atoms with Gasteiger partial charge in [-0.2, -0.15) is 4.40 Å². The second kappa shape index (κ2) is 4.60. The molecule has 8 heteroatoms. The number of β-lactam (4-membered cyclic amide) rings is 1. The van der Waals surface area contributed by atoms with Crippen LogP contribution in [-0.4, -0.2) is 37.4 Å². The number of aliphatic carboxylic acids is 1. The number of fused-ring (bicyclic) bond motifs is 2. The maximum atomic E-state index is 11.7. The lowest BCUT2D eigenvalue weighted by Gasteiger charge is -2.43. The van der Waals surface area contributed by atoms with Crippen molar-refractivity contribution >= 4 is 39.8 Å². The topological polar surface area (TPSA) is 65.9 Å². The number of hydrogen-bond donors (Lipinski definition) is 1. The highest BCUT2D eigenvalue weighted by Crippen LogP contribution is 2.39. The molecule has 1 saturated heterocycles. The summed E-state index contributed by atoms with van der Waals surface area (Å²) in [5.74, 6) is -0.443. The number of imidazole rings is 1. The summed E-state index contributed by atoms with van der Waals surface area (Å²) in [5.41, 5.74) is 0.970. The van der Waals surface area contributed by atoms with Gasteiger partial charge in [0, 0.05) is 16.7 Å². The molecular formula is C13H12N3O3S2+. The number of thiazole rings is 1. The van der Waals surface area contributed by atoms with Gasteiger partial charge in [0.25, 0.3) is 0 Å². The fourth-order valence-electron chi connectivity index (χ4n) is 2.73. The Bertz CT molecular complexity index is 763. The van der Waals surface area contributed by atoms with Gasteiger partial charge in [-0.15, -0.1) is 11.8 Å². The van der Waals surface area contributed by atoms with Gasteiger partial charge in [-0.25, -0.2) is 9.36 Å². The molecule has 0 saturated carbocycles. The number of rotatable bonds is 3. The van der Waals surface area contributed by atoms with Gasteiger partial charge in [0.05, 0.1) is 11.8 Å². The van der Waals surface area contributed by atoms with Gasteiger partial charge in [0.15, 0.2) is 0 Å². The van der Waals surface area contributed by atoms with Crippen molar-refractivity contribution in [1.82, 2.24) is 9.30 Å². The van der Waals surface area contributed by atoms with E-state index in [2.05, 4.69) is 0 Å². The molecule has 0 radical (unpaired) electrons. The van der Waals surface area contributed by atoms with Crippen LogP contribution in [0.5, 0.6) is 0 Å². The van der Waals surface area contributed by atoms with Crippen molar-refractivity contribution in [2.75, 3.05) is 5.75 Å². The van der Waals surface area contributed by atoms with Crippen molar-refractivity contribution in [3.63, 3.8) is 0 Å². The number of aromatic nitrogens is 2. The zero-order valence-electron chi connectivity index (χ0n) is 10.9. The van der Waals surface area contributed by atoms with E-state index in [4.69, 9.17) is 0 Å². The highest BCUT2D eigenvalue weighted by atomic mass is 32.2. The lowest BCUT2D eigenvalue weighted by Crippen LogP contribution is -2.54. The van der Waals surface area contributed by atoms with Crippen molar-refractivity contribution in [1.29, 1.82) is 0 Å². The molecule has 4 heterocycles. The van der Waals surface area contributed by atoms with Gasteiger partial charge in [-0.05, 0) is 0 Å². The fraction of sp³-hybridized carbons (Fsp3) is 0.308. The molecule has 0 aliphatic carbocycles. The van der Waals surface area contributed by atoms with E-state index in [-0.39, 0.29) is 17.0 Å². The number of carboxylic acid groups (broad SMARTS) is 1. The Kier molecular flexibility index (Phi) is 2.83. The second-order valence-corrected chi connectivity index (χ2v) is 7.15. The minimum atomic E-state index is -1.01. The monoisotopic (exact) mass is 322 g/mol. The van der Waals surface area contributed by atoms with Crippen LogP contribution in [0.3, 0.4) is 0 Å². The van der Waals surface area contributed by atoms with Gasteiger partial charge >= 0.3 is 5.97 Å². The molecule has 1 amide bonds. The van der Waals surface area contributed by atoms with Crippen LogP contribution in [-0.2, 0) is 16.1 Å². The zero-order valence-corrected chi connectivity index (χ0v) is 12.6. The molecule has 1 atom stereocenters. The van der Waals surface area contributed by atoms with E-state index in [0.717, 1.165) is 10.4 Å². The van der Waals surface area contributed by atoms with Crippen molar-refractivity contribution in [3.05, 3.63) is 35.4 Å². The molecule has 0 bridgehead atoms. The number of carbonyl (C=O) groups is 2. The Balaban J connectivity index is 1.70. The van der Waals surface area contributed by atoms with Crippen molar-refractivity contribution < 1.29 is 19.3 Å². The van der Waals surface area contributed by atoms with E-state index in [1.807, 2.05) is 33.1 Å². The van der Waals surface area contributed by atoms with E-state index in [0.29, 0.717) is 18.7 Å². The first-order chi connectivity index (χ1) is 10.1. The molecule has 0 unspecified atom stereocenters. The molecular weight excluding hydrogens is 310 g/mol. The Labute approximate surface area is 128 Å². The summed E-state index contributed by atoms with van der Waals surface area (Å²) in [4.78, 5) is 25.8. The summed E-state index contributed by atoms with van der Waals surface area (Å²) in [5, 5.41) is 11.5. The average molecular weight is 322 g/mol. The molecule has 0 aromatic carbocycles. The molecule has 1 fully saturated rings. The molecule has 108 valence electrons. The average Bonchev–Trinajstić information content (AvgIpc) is 2.99. The lowest BCUT2D eigenvalue weighted by atomic mass is 10.1. The summed E-state index contributed by atoms with van der Waals surface area (Å²) in [6.45, 7) is 0.500. The number of carbonyl (C=O) groups excluding carboxylic acids is 1. The maximum Gasteiger partial charge on any atom is 0.352 e. The maximum absolute atomic E-state index is 11.7. The number of nitrogens with zero attached hydrogens (tertiary/aromatic N) is 3. The van der Waals surface area contributed by atoms with Crippen LogP contribution in [0.25, 0.3) is 4.83 Å². The number of carboxylic acids is 1. The van der Waals surface area contributed by atoms with Gasteiger partial charge in [-0.1, -0.05) is 11.3 Å². The van der Waals surface area contributed by atoms with Gasteiger partial charge in [0.2, 0.25) is 17.1 Å². The van der Waals surface area contributed by atoms with E-state index in [9.17, 15) is 14.7 Å². The van der Waals surface area contributed by atoms with Gasteiger partial charge in [-0.3, -0.25) is 9.69 Å². The smallest absolute Gasteiger partial charge is 0.352 e. The molecule has 2 aliphatic rings. The molecule has 1 N–H and O–H groups in total. The third-order valence-electron chi connectivity index (χ3n) is 3.72. The molecule has 2 aromatic rings. The number of hydrogen-bond acceptors (Lipinski definition) is 4. The SMILES string of the molecule is O=C(O)C1=C(C[n+]2cc3sccn3c2)CS[C@H]2CC(=O)N12. The summed E-state index contributed by atoms with van der Waals surface area (Å²) in [6, 6.07) is 0. The Morgan fingerprint density at radius 1 is 1.52 bits per heavy atom. The zero-order chi connectivity index (χ0) is 14.6. The predicted molar refractivity (Wildman–Crippen MR) is 77.8 cm³/mol. The standard InChI is InChI=1S/C13H11N3O3S2/c17-9-3-10-16(9)12(13(18)19)8(6-21-10)4-14-5-11-15(7-14)1-2-20-11/h1-2,5,7,10H,3-4,6H2/p+1/t10-/m0/s1. The van der Waals surface area contributed by atoms with E-state index in [1.54, 1.807) is 23.1 Å². The van der Waals surface area contributed by atoms with E-state index >= 15 is 0 Å². The molecule has 6 nitrogen and oxygen atoms in total. The molecule has 4 rings (SSSR count). The van der Waals surface area contributed by atoms with Gasteiger partial charge < -0.3 is 5.11 Å². The summed E-state index contributed by atoms with van der Waals surface area (Å²) in [6.07, 6.45) is 6.34. The summed E-state index contributed by atoms with van der Waals surface area (Å²) in [7, 11) is 0. The Morgan fingerprint density at radius 3 is 3.10 bits per heavy atom. The first kappa shape index (κ1) is 12.9. The highest BCUT2D eigenvalue weighted by Gasteiger charge is 2.45. The number of amides is 1. The van der Waals surface area contributed by atoms with Crippen molar-refractivity contribution in [2.45, 2.75) is 18.3 Å². The molecule has 21 heavy (non-hydrogen) atoms. The highest BCUT2D eigenvalue weighted by molar-refractivity contribution is 8.00. The van der Waals surface area contributed by atoms with Crippen LogP contribution >= 0.6 is 23.1 Å². The van der Waals surface area contributed by atoms with Crippen LogP contribution in [0, 0.1) is 0 Å². The van der Waals surface area contributed by atoms with Crippen LogP contribution in [0.1, 0.15) is 6.42 Å². The normalized spacial score (nSPS) is 21.6.